The van der Waals surface area contributed by atoms with Crippen LogP contribution in [0.4, 0.5) is 0 Å². The van der Waals surface area contributed by atoms with Crippen LogP contribution in [0.1, 0.15) is 12.8 Å². The highest BCUT2D eigenvalue weighted by Crippen LogP contribution is 2.25. The Labute approximate surface area is 68.1 Å². The molecule has 2 unspecified atom stereocenters. The predicted octanol–water partition coefficient (Wildman–Crippen LogP) is 1.80. The van der Waals surface area contributed by atoms with Crippen molar-refractivity contribution in [3.05, 3.63) is 12.2 Å². The average molecular weight is 205 g/mol. The lowest BCUT2D eigenvalue weighted by Gasteiger charge is -2.09. The Morgan fingerprint density at radius 3 is 2.90 bits per heavy atom. The molecule has 0 aliphatic heterocycles. The van der Waals surface area contributed by atoms with Crippen LogP contribution in [0.15, 0.2) is 12.2 Å². The van der Waals surface area contributed by atoms with Crippen molar-refractivity contribution in [2.24, 2.45) is 5.92 Å². The Hall–Kier alpha value is -0.310. The minimum absolute atomic E-state index is 0.192. The fourth-order valence-electron chi connectivity index (χ4n) is 1.08. The molecule has 1 aliphatic carbocycles. The van der Waals surface area contributed by atoms with Crippen molar-refractivity contribution in [1.29, 1.82) is 0 Å². The lowest BCUT2D eigenvalue weighted by molar-refractivity contribution is -0.136. The third-order valence-electron chi connectivity index (χ3n) is 1.66. The monoisotopic (exact) mass is 204 g/mol. The van der Waals surface area contributed by atoms with E-state index in [1.165, 1.54) is 0 Å². The van der Waals surface area contributed by atoms with Crippen LogP contribution < -0.4 is 0 Å². The Morgan fingerprint density at radius 2 is 2.50 bits per heavy atom. The highest BCUT2D eigenvalue weighted by atomic mass is 79.9. The lowest BCUT2D eigenvalue weighted by atomic mass is 10.1. The number of allylic oxidation sites excluding steroid dienone is 2. The van der Waals surface area contributed by atoms with E-state index in [4.69, 9.17) is 5.11 Å². The highest BCUT2D eigenvalue weighted by molar-refractivity contribution is 9.10. The Bertz CT molecular complexity index is 165. The SMILES string of the molecule is O=C(O)C(Br)C1C=CCC1. The number of carboxylic acid groups (broad SMARTS) is 1. The maximum Gasteiger partial charge on any atom is 0.317 e. The molecule has 56 valence electrons. The molecule has 0 saturated heterocycles. The number of carbonyl (C=O) groups is 1. The van der Waals surface area contributed by atoms with Crippen molar-refractivity contribution in [3.63, 3.8) is 0 Å². The molecule has 0 aromatic heterocycles. The number of aliphatic carboxylic acids is 1. The molecule has 2 atom stereocenters. The van der Waals surface area contributed by atoms with Crippen LogP contribution in [-0.2, 0) is 4.79 Å². The molecule has 0 heterocycles. The summed E-state index contributed by atoms with van der Waals surface area (Å²) in [5.74, 6) is -0.575. The van der Waals surface area contributed by atoms with Gasteiger partial charge < -0.3 is 5.11 Å². The minimum atomic E-state index is -0.767. The number of alkyl halides is 1. The predicted molar refractivity (Wildman–Crippen MR) is 42.2 cm³/mol. The molecular formula is C7H9BrO2. The van der Waals surface area contributed by atoms with Crippen LogP contribution in [0.2, 0.25) is 0 Å². The van der Waals surface area contributed by atoms with Gasteiger partial charge in [0, 0.05) is 5.92 Å². The summed E-state index contributed by atoms with van der Waals surface area (Å²) >= 11 is 3.12. The normalized spacial score (nSPS) is 26.7. The molecule has 0 fully saturated rings. The summed E-state index contributed by atoms with van der Waals surface area (Å²) in [6.45, 7) is 0. The van der Waals surface area contributed by atoms with E-state index in [1.54, 1.807) is 0 Å². The van der Waals surface area contributed by atoms with Crippen molar-refractivity contribution < 1.29 is 9.90 Å². The second-order valence-electron chi connectivity index (χ2n) is 2.41. The van der Waals surface area contributed by atoms with E-state index >= 15 is 0 Å². The third kappa shape index (κ3) is 1.59. The van der Waals surface area contributed by atoms with E-state index in [0.29, 0.717) is 0 Å². The molecule has 1 rings (SSSR count). The van der Waals surface area contributed by atoms with Crippen LogP contribution in [0, 0.1) is 5.92 Å². The first kappa shape index (κ1) is 7.79. The number of rotatable bonds is 2. The lowest BCUT2D eigenvalue weighted by Crippen LogP contribution is -2.20. The van der Waals surface area contributed by atoms with Crippen molar-refractivity contribution in [3.8, 4) is 0 Å². The molecule has 0 spiro atoms. The Morgan fingerprint density at radius 1 is 1.80 bits per heavy atom. The van der Waals surface area contributed by atoms with Crippen molar-refractivity contribution in [1.82, 2.24) is 0 Å². The molecule has 0 aromatic carbocycles. The van der Waals surface area contributed by atoms with Crippen molar-refractivity contribution in [2.45, 2.75) is 17.7 Å². The molecule has 1 aliphatic rings. The van der Waals surface area contributed by atoms with Gasteiger partial charge in [-0.3, -0.25) is 4.79 Å². The van der Waals surface area contributed by atoms with Gasteiger partial charge in [0.2, 0.25) is 0 Å². The van der Waals surface area contributed by atoms with Gasteiger partial charge in [-0.2, -0.15) is 0 Å². The smallest absolute Gasteiger partial charge is 0.317 e. The fourth-order valence-corrected chi connectivity index (χ4v) is 1.52. The molecule has 0 bridgehead atoms. The van der Waals surface area contributed by atoms with Gasteiger partial charge in [0.1, 0.15) is 4.83 Å². The van der Waals surface area contributed by atoms with E-state index in [2.05, 4.69) is 15.9 Å². The van der Waals surface area contributed by atoms with Gasteiger partial charge in [0.05, 0.1) is 0 Å². The standard InChI is InChI=1S/C7H9BrO2/c8-6(7(9)10)5-3-1-2-4-5/h1,3,5-6H,2,4H2,(H,9,10). The van der Waals surface area contributed by atoms with Crippen molar-refractivity contribution >= 4 is 21.9 Å². The number of halogens is 1. The quantitative estimate of drug-likeness (QED) is 0.551. The van der Waals surface area contributed by atoms with Gasteiger partial charge in [-0.15, -0.1) is 0 Å². The van der Waals surface area contributed by atoms with Crippen molar-refractivity contribution in [2.75, 3.05) is 0 Å². The second kappa shape index (κ2) is 3.19. The molecule has 3 heteroatoms. The molecule has 10 heavy (non-hydrogen) atoms. The molecule has 0 saturated carbocycles. The van der Waals surface area contributed by atoms with Crippen LogP contribution in [0.5, 0.6) is 0 Å². The summed E-state index contributed by atoms with van der Waals surface area (Å²) in [7, 11) is 0. The molecule has 2 nitrogen and oxygen atoms in total. The molecule has 1 N–H and O–H groups in total. The largest absolute Gasteiger partial charge is 0.480 e. The summed E-state index contributed by atoms with van der Waals surface area (Å²) in [6.07, 6.45) is 5.97. The maximum atomic E-state index is 10.4. The third-order valence-corrected chi connectivity index (χ3v) is 2.73. The summed E-state index contributed by atoms with van der Waals surface area (Å²) in [6, 6.07) is 0. The molecular weight excluding hydrogens is 196 g/mol. The number of carboxylic acids is 1. The number of hydrogen-bond acceptors (Lipinski definition) is 1. The Balaban J connectivity index is 2.48. The summed E-state index contributed by atoms with van der Waals surface area (Å²) < 4.78 is 0. The molecule has 0 aromatic rings. The first-order valence-electron chi connectivity index (χ1n) is 3.25. The summed E-state index contributed by atoms with van der Waals surface area (Å²) in [5, 5.41) is 8.56. The van der Waals surface area contributed by atoms with Gasteiger partial charge in [-0.25, -0.2) is 0 Å². The van der Waals surface area contributed by atoms with E-state index in [0.717, 1.165) is 12.8 Å². The van der Waals surface area contributed by atoms with Gasteiger partial charge in [-0.05, 0) is 12.8 Å². The van der Waals surface area contributed by atoms with Gasteiger partial charge in [0.25, 0.3) is 0 Å². The zero-order valence-electron chi connectivity index (χ0n) is 5.46. The summed E-state index contributed by atoms with van der Waals surface area (Å²) in [5.41, 5.74) is 0. The van der Waals surface area contributed by atoms with Crippen LogP contribution in [0.25, 0.3) is 0 Å². The number of hydrogen-bond donors (Lipinski definition) is 1. The zero-order valence-corrected chi connectivity index (χ0v) is 7.04. The van der Waals surface area contributed by atoms with Crippen LogP contribution in [0.3, 0.4) is 0 Å². The molecule has 0 amide bonds. The molecule has 0 radical (unpaired) electrons. The first-order valence-corrected chi connectivity index (χ1v) is 4.17. The topological polar surface area (TPSA) is 37.3 Å². The van der Waals surface area contributed by atoms with Gasteiger partial charge in [-0.1, -0.05) is 28.1 Å². The van der Waals surface area contributed by atoms with E-state index < -0.39 is 10.8 Å². The van der Waals surface area contributed by atoms with E-state index in [1.807, 2.05) is 12.2 Å². The average Bonchev–Trinajstić information content (AvgIpc) is 2.36. The van der Waals surface area contributed by atoms with Gasteiger partial charge >= 0.3 is 5.97 Å². The maximum absolute atomic E-state index is 10.4. The van der Waals surface area contributed by atoms with E-state index in [9.17, 15) is 4.79 Å². The van der Waals surface area contributed by atoms with Crippen LogP contribution >= 0.6 is 15.9 Å². The fraction of sp³-hybridized carbons (Fsp3) is 0.571. The van der Waals surface area contributed by atoms with Crippen LogP contribution in [-0.4, -0.2) is 15.9 Å². The van der Waals surface area contributed by atoms with Gasteiger partial charge in [0.15, 0.2) is 0 Å². The van der Waals surface area contributed by atoms with E-state index in [-0.39, 0.29) is 5.92 Å². The minimum Gasteiger partial charge on any atom is -0.480 e. The second-order valence-corrected chi connectivity index (χ2v) is 3.40. The highest BCUT2D eigenvalue weighted by Gasteiger charge is 2.24. The summed E-state index contributed by atoms with van der Waals surface area (Å²) in [4.78, 5) is 10.0. The Kier molecular flexibility index (Phi) is 2.49. The zero-order chi connectivity index (χ0) is 7.56. The first-order chi connectivity index (χ1) is 4.72.